The predicted molar refractivity (Wildman–Crippen MR) is 93.1 cm³/mol. The maximum Gasteiger partial charge on any atom is 0.311 e. The zero-order valence-corrected chi connectivity index (χ0v) is 13.9. The van der Waals surface area contributed by atoms with E-state index in [-0.39, 0.29) is 30.6 Å². The minimum absolute atomic E-state index is 0.000865. The van der Waals surface area contributed by atoms with Crippen LogP contribution in [0.2, 0.25) is 0 Å². The lowest BCUT2D eigenvalue weighted by molar-refractivity contribution is -0.142. The molecule has 25 heavy (non-hydrogen) atoms. The number of aliphatic imine (C=N–C) groups is 1. The number of anilines is 1. The number of hydrogen-bond acceptors (Lipinski definition) is 6. The number of aromatic nitrogens is 2. The van der Waals surface area contributed by atoms with Crippen molar-refractivity contribution in [3.63, 3.8) is 0 Å². The van der Waals surface area contributed by atoms with E-state index in [0.717, 1.165) is 0 Å². The molecule has 0 saturated heterocycles. The number of H-pyrrole nitrogens is 1. The van der Waals surface area contributed by atoms with E-state index < -0.39 is 11.5 Å². The van der Waals surface area contributed by atoms with Crippen LogP contribution >= 0.6 is 0 Å². The Morgan fingerprint density at radius 2 is 2.16 bits per heavy atom. The molecule has 9 heteroatoms. The summed E-state index contributed by atoms with van der Waals surface area (Å²) in [6.45, 7) is 1.95. The highest BCUT2D eigenvalue weighted by Gasteiger charge is 2.09. The number of carbonyl (C=O) groups is 1. The van der Waals surface area contributed by atoms with E-state index in [1.807, 2.05) is 6.07 Å². The van der Waals surface area contributed by atoms with Crippen molar-refractivity contribution in [1.29, 1.82) is 0 Å². The molecule has 0 aliphatic rings. The molecule has 2 rings (SSSR count). The number of methoxy groups -OCH3 is 1. The molecule has 0 spiro atoms. The monoisotopic (exact) mass is 345 g/mol. The van der Waals surface area contributed by atoms with E-state index in [1.54, 1.807) is 25.1 Å². The maximum absolute atomic E-state index is 11.7. The molecular weight excluding hydrogens is 326 g/mol. The van der Waals surface area contributed by atoms with Gasteiger partial charge in [-0.05, 0) is 19.1 Å². The summed E-state index contributed by atoms with van der Waals surface area (Å²) < 4.78 is 10.0. The van der Waals surface area contributed by atoms with Crippen LogP contribution in [0.5, 0.6) is 5.75 Å². The molecule has 0 aliphatic carbocycles. The van der Waals surface area contributed by atoms with Crippen LogP contribution in [0.4, 0.5) is 11.6 Å². The maximum atomic E-state index is 11.7. The molecule has 0 amide bonds. The number of nitrogens with two attached hydrogens (primary N) is 1. The number of ether oxygens (including phenoxy) is 2. The Bertz CT molecular complexity index is 831. The molecule has 0 atom stereocenters. The zero-order valence-electron chi connectivity index (χ0n) is 13.9. The zero-order chi connectivity index (χ0) is 18.2. The summed E-state index contributed by atoms with van der Waals surface area (Å²) >= 11 is 0. The van der Waals surface area contributed by atoms with Crippen molar-refractivity contribution in [2.24, 2.45) is 10.7 Å². The molecule has 0 saturated carbocycles. The Morgan fingerprint density at radius 3 is 2.88 bits per heavy atom. The lowest BCUT2D eigenvalue weighted by Crippen LogP contribution is -2.23. The molecule has 9 nitrogen and oxygen atoms in total. The summed E-state index contributed by atoms with van der Waals surface area (Å²) in [5.41, 5.74) is 6.24. The van der Waals surface area contributed by atoms with Gasteiger partial charge >= 0.3 is 5.97 Å². The number of aromatic amines is 1. The average Bonchev–Trinajstić information content (AvgIpc) is 2.54. The number of carbonyl (C=O) groups excluding carboxylic acids is 1. The fourth-order valence-electron chi connectivity index (χ4n) is 2.03. The minimum Gasteiger partial charge on any atom is -0.495 e. The molecule has 0 aliphatic heterocycles. The molecule has 0 bridgehead atoms. The number of para-hydroxylation sites is 2. The minimum atomic E-state index is -0.476. The summed E-state index contributed by atoms with van der Waals surface area (Å²) in [4.78, 5) is 33.7. The van der Waals surface area contributed by atoms with Gasteiger partial charge in [-0.25, -0.2) is 4.98 Å². The second kappa shape index (κ2) is 8.48. The van der Waals surface area contributed by atoms with E-state index in [1.165, 1.54) is 13.2 Å². The lowest BCUT2D eigenvalue weighted by atomic mass is 10.3. The van der Waals surface area contributed by atoms with Crippen molar-refractivity contribution >= 4 is 23.6 Å². The van der Waals surface area contributed by atoms with E-state index in [4.69, 9.17) is 15.2 Å². The Morgan fingerprint density at radius 1 is 1.40 bits per heavy atom. The van der Waals surface area contributed by atoms with E-state index in [9.17, 15) is 9.59 Å². The molecule has 4 N–H and O–H groups in total. The number of guanidine groups is 1. The fraction of sp³-hybridized carbons (Fsp3) is 0.250. The predicted octanol–water partition coefficient (Wildman–Crippen LogP) is 0.942. The van der Waals surface area contributed by atoms with Crippen LogP contribution < -0.4 is 21.3 Å². The fourth-order valence-corrected chi connectivity index (χ4v) is 2.03. The average molecular weight is 345 g/mol. The van der Waals surface area contributed by atoms with Crippen LogP contribution in [0, 0.1) is 0 Å². The van der Waals surface area contributed by atoms with E-state index >= 15 is 0 Å². The van der Waals surface area contributed by atoms with Gasteiger partial charge in [0.05, 0.1) is 31.5 Å². The first kappa shape index (κ1) is 18.0. The van der Waals surface area contributed by atoms with Gasteiger partial charge in [0.2, 0.25) is 11.9 Å². The van der Waals surface area contributed by atoms with Crippen molar-refractivity contribution < 1.29 is 14.3 Å². The summed E-state index contributed by atoms with van der Waals surface area (Å²) in [7, 11) is 1.53. The second-order valence-electron chi connectivity index (χ2n) is 4.86. The van der Waals surface area contributed by atoms with E-state index in [0.29, 0.717) is 11.4 Å². The smallest absolute Gasteiger partial charge is 0.311 e. The summed E-state index contributed by atoms with van der Waals surface area (Å²) in [5.74, 6) is 0.0847. The number of nitrogens with zero attached hydrogens (tertiary/aromatic N) is 2. The number of benzene rings is 1. The van der Waals surface area contributed by atoms with Crippen LogP contribution in [0.3, 0.4) is 0 Å². The highest BCUT2D eigenvalue weighted by Crippen LogP contribution is 2.22. The number of rotatable bonds is 6. The third-order valence-electron chi connectivity index (χ3n) is 3.01. The molecule has 132 valence electrons. The summed E-state index contributed by atoms with van der Waals surface area (Å²) in [5, 5.41) is 2.86. The van der Waals surface area contributed by atoms with Gasteiger partial charge < -0.3 is 20.5 Å². The first-order valence-corrected chi connectivity index (χ1v) is 7.52. The molecule has 0 radical (unpaired) electrons. The Kier molecular flexibility index (Phi) is 6.10. The van der Waals surface area contributed by atoms with Crippen LogP contribution in [-0.2, 0) is 16.0 Å². The summed E-state index contributed by atoms with van der Waals surface area (Å²) in [6, 6.07) is 8.34. The molecule has 1 aromatic carbocycles. The van der Waals surface area contributed by atoms with Crippen LogP contribution in [-0.4, -0.2) is 35.6 Å². The van der Waals surface area contributed by atoms with Gasteiger partial charge in [-0.3, -0.25) is 14.6 Å². The lowest BCUT2D eigenvalue weighted by Gasteiger charge is -2.09. The van der Waals surface area contributed by atoms with Gasteiger partial charge in [0.25, 0.3) is 5.56 Å². The molecule has 0 fully saturated rings. The quantitative estimate of drug-likeness (QED) is 0.403. The molecule has 0 unspecified atom stereocenters. The third-order valence-corrected chi connectivity index (χ3v) is 3.01. The Balaban J connectivity index is 2.20. The van der Waals surface area contributed by atoms with Crippen molar-refractivity contribution in [1.82, 2.24) is 9.97 Å². The molecule has 1 heterocycles. The molecular formula is C16H19N5O4. The van der Waals surface area contributed by atoms with Gasteiger partial charge in [-0.15, -0.1) is 0 Å². The number of esters is 1. The van der Waals surface area contributed by atoms with Crippen molar-refractivity contribution in [2.75, 3.05) is 19.0 Å². The van der Waals surface area contributed by atoms with Gasteiger partial charge in [-0.2, -0.15) is 4.99 Å². The molecule has 2 aromatic rings. The SMILES string of the molecule is CCOC(=O)Cc1cc(=O)[nH]c(/N=C(\N)Nc2ccccc2OC)n1. The van der Waals surface area contributed by atoms with E-state index in [2.05, 4.69) is 20.3 Å². The highest BCUT2D eigenvalue weighted by atomic mass is 16.5. The van der Waals surface area contributed by atoms with Crippen molar-refractivity contribution in [3.8, 4) is 5.75 Å². The highest BCUT2D eigenvalue weighted by molar-refractivity contribution is 5.94. The largest absolute Gasteiger partial charge is 0.495 e. The Labute approximate surface area is 143 Å². The van der Waals surface area contributed by atoms with Crippen molar-refractivity contribution in [3.05, 3.63) is 46.4 Å². The van der Waals surface area contributed by atoms with Crippen LogP contribution in [0.1, 0.15) is 12.6 Å². The third kappa shape index (κ3) is 5.34. The molecule has 1 aromatic heterocycles. The topological polar surface area (TPSA) is 132 Å². The first-order chi connectivity index (χ1) is 12.0. The van der Waals surface area contributed by atoms with Gasteiger partial charge in [0, 0.05) is 6.07 Å². The normalized spacial score (nSPS) is 11.0. The van der Waals surface area contributed by atoms with Gasteiger partial charge in [0.15, 0.2) is 0 Å². The van der Waals surface area contributed by atoms with Crippen LogP contribution in [0.15, 0.2) is 40.1 Å². The first-order valence-electron chi connectivity index (χ1n) is 7.52. The second-order valence-corrected chi connectivity index (χ2v) is 4.86. The van der Waals surface area contributed by atoms with Gasteiger partial charge in [0.1, 0.15) is 5.75 Å². The standard InChI is InChI=1S/C16H19N5O4/c1-3-25-14(23)9-10-8-13(22)20-16(18-10)21-15(17)19-11-6-4-5-7-12(11)24-2/h4-8H,3,9H2,1-2H3,(H4,17,18,19,20,21,22). The van der Waals surface area contributed by atoms with Crippen molar-refractivity contribution in [2.45, 2.75) is 13.3 Å². The van der Waals surface area contributed by atoms with Gasteiger partial charge in [-0.1, -0.05) is 12.1 Å². The number of nitrogens with one attached hydrogen (secondary N) is 2. The Hall–Kier alpha value is -3.36. The summed E-state index contributed by atoms with van der Waals surface area (Å²) in [6.07, 6.45) is -0.125. The number of hydrogen-bond donors (Lipinski definition) is 3. The van der Waals surface area contributed by atoms with Crippen LogP contribution in [0.25, 0.3) is 0 Å².